The maximum atomic E-state index is 6.39. The molecule has 0 saturated carbocycles. The Morgan fingerprint density at radius 2 is 0.815 bits per heavy atom. The minimum absolute atomic E-state index is 0.290. The molecule has 1 heterocycles. The minimum atomic E-state index is -0.480. The third-order valence-corrected chi connectivity index (χ3v) is 14.4. The molecule has 1 aromatic heterocycles. The van der Waals surface area contributed by atoms with E-state index in [9.17, 15) is 0 Å². The number of rotatable bonds is 7. The van der Waals surface area contributed by atoms with Crippen LogP contribution >= 0.6 is 0 Å². The van der Waals surface area contributed by atoms with E-state index >= 15 is 0 Å². The second-order valence-corrected chi connectivity index (χ2v) is 17.7. The Balaban J connectivity index is 1.03. The summed E-state index contributed by atoms with van der Waals surface area (Å²) in [6.07, 6.45) is 0. The molecular formula is C63H43NO. The molecule has 2 heteroatoms. The zero-order valence-corrected chi connectivity index (χ0v) is 35.9. The average Bonchev–Trinajstić information content (AvgIpc) is 3.99. The van der Waals surface area contributed by atoms with E-state index in [-0.39, 0.29) is 5.41 Å². The Hall–Kier alpha value is -8.20. The monoisotopic (exact) mass is 829 g/mol. The van der Waals surface area contributed by atoms with E-state index in [2.05, 4.69) is 242 Å². The maximum absolute atomic E-state index is 6.39. The molecule has 0 N–H and O–H groups in total. The number of hydrogen-bond donors (Lipinski definition) is 0. The lowest BCUT2D eigenvalue weighted by molar-refractivity contribution is 0.669. The zero-order chi connectivity index (χ0) is 43.1. The first-order chi connectivity index (χ1) is 32.1. The van der Waals surface area contributed by atoms with Crippen LogP contribution in [0.3, 0.4) is 0 Å². The van der Waals surface area contributed by atoms with Gasteiger partial charge in [-0.3, -0.25) is 0 Å². The largest absolute Gasteiger partial charge is 0.456 e. The summed E-state index contributed by atoms with van der Waals surface area (Å²) >= 11 is 0. The predicted molar refractivity (Wildman–Crippen MR) is 269 cm³/mol. The molecule has 13 rings (SSSR count). The van der Waals surface area contributed by atoms with Crippen LogP contribution in [0.1, 0.15) is 45.9 Å². The van der Waals surface area contributed by atoms with Crippen molar-refractivity contribution in [1.82, 2.24) is 0 Å². The molecule has 2 aliphatic carbocycles. The lowest BCUT2D eigenvalue weighted by Gasteiger charge is -2.34. The van der Waals surface area contributed by atoms with Crippen molar-refractivity contribution in [2.75, 3.05) is 4.90 Å². The third kappa shape index (κ3) is 5.47. The molecule has 0 fully saturated rings. The van der Waals surface area contributed by atoms with Crippen LogP contribution in [0.2, 0.25) is 0 Å². The SMILES string of the molecule is CC1(c2ccccc2)c2ccccc2-c2cc(N(c3cccc(-c4ccc5c(c4)oc4ccccc45)c3)c3ccc4c(c3)-c3ccccc3C4(c3ccccc3)c3ccccc3)ccc21. The van der Waals surface area contributed by atoms with Gasteiger partial charge in [0.1, 0.15) is 11.2 Å². The molecule has 0 amide bonds. The Labute approximate surface area is 379 Å². The molecule has 0 aliphatic heterocycles. The van der Waals surface area contributed by atoms with Gasteiger partial charge in [0.2, 0.25) is 0 Å². The maximum Gasteiger partial charge on any atom is 0.136 e. The zero-order valence-electron chi connectivity index (χ0n) is 35.9. The highest BCUT2D eigenvalue weighted by atomic mass is 16.3. The summed E-state index contributed by atoms with van der Waals surface area (Å²) in [5.41, 5.74) is 20.6. The first-order valence-corrected chi connectivity index (χ1v) is 22.6. The molecule has 2 aliphatic rings. The quantitative estimate of drug-likeness (QED) is 0.159. The molecule has 0 bridgehead atoms. The molecule has 1 atom stereocenters. The van der Waals surface area contributed by atoms with Gasteiger partial charge in [0.15, 0.2) is 0 Å². The molecule has 1 unspecified atom stereocenters. The van der Waals surface area contributed by atoms with Gasteiger partial charge in [0, 0.05) is 33.2 Å². The Kier molecular flexibility index (Phi) is 8.29. The summed E-state index contributed by atoms with van der Waals surface area (Å²) in [6, 6.07) is 89.2. The highest BCUT2D eigenvalue weighted by molar-refractivity contribution is 6.06. The first kappa shape index (κ1) is 37.4. The Bertz CT molecular complexity index is 3580. The van der Waals surface area contributed by atoms with Gasteiger partial charge in [-0.2, -0.15) is 0 Å². The van der Waals surface area contributed by atoms with Gasteiger partial charge in [0.05, 0.1) is 5.41 Å². The third-order valence-electron chi connectivity index (χ3n) is 14.4. The topological polar surface area (TPSA) is 16.4 Å². The predicted octanol–water partition coefficient (Wildman–Crippen LogP) is 16.4. The number of benzene rings is 10. The van der Waals surface area contributed by atoms with Crippen molar-refractivity contribution >= 4 is 39.0 Å². The van der Waals surface area contributed by atoms with Crippen molar-refractivity contribution < 1.29 is 4.42 Å². The highest BCUT2D eigenvalue weighted by Crippen LogP contribution is 2.58. The van der Waals surface area contributed by atoms with Crippen LogP contribution in [0.4, 0.5) is 17.1 Å². The van der Waals surface area contributed by atoms with Crippen LogP contribution in [0.5, 0.6) is 0 Å². The summed E-state index contributed by atoms with van der Waals surface area (Å²) in [4.78, 5) is 2.46. The summed E-state index contributed by atoms with van der Waals surface area (Å²) in [5, 5.41) is 2.26. The van der Waals surface area contributed by atoms with Gasteiger partial charge < -0.3 is 9.32 Å². The number of fused-ring (bicyclic) bond motifs is 9. The van der Waals surface area contributed by atoms with E-state index in [0.717, 1.165) is 50.1 Å². The van der Waals surface area contributed by atoms with Crippen LogP contribution in [0.15, 0.2) is 247 Å². The van der Waals surface area contributed by atoms with E-state index in [4.69, 9.17) is 4.42 Å². The normalized spacial score (nSPS) is 15.3. The lowest BCUT2D eigenvalue weighted by atomic mass is 9.68. The van der Waals surface area contributed by atoms with Crippen LogP contribution in [0, 0.1) is 0 Å². The fraction of sp³-hybridized carbons (Fsp3) is 0.0476. The first-order valence-electron chi connectivity index (χ1n) is 22.6. The molecule has 0 spiro atoms. The highest BCUT2D eigenvalue weighted by Gasteiger charge is 2.46. The second-order valence-electron chi connectivity index (χ2n) is 17.7. The molecule has 306 valence electrons. The van der Waals surface area contributed by atoms with Gasteiger partial charge in [0.25, 0.3) is 0 Å². The van der Waals surface area contributed by atoms with Crippen molar-refractivity contribution in [3.8, 4) is 33.4 Å². The molecule has 65 heavy (non-hydrogen) atoms. The smallest absolute Gasteiger partial charge is 0.136 e. The van der Waals surface area contributed by atoms with E-state index < -0.39 is 5.41 Å². The van der Waals surface area contributed by atoms with Gasteiger partial charge in [-0.05, 0) is 134 Å². The van der Waals surface area contributed by atoms with Crippen molar-refractivity contribution in [3.63, 3.8) is 0 Å². The number of hydrogen-bond acceptors (Lipinski definition) is 2. The molecule has 2 nitrogen and oxygen atoms in total. The van der Waals surface area contributed by atoms with Gasteiger partial charge >= 0.3 is 0 Å². The summed E-state index contributed by atoms with van der Waals surface area (Å²) in [7, 11) is 0. The van der Waals surface area contributed by atoms with E-state index in [1.807, 2.05) is 12.1 Å². The fourth-order valence-corrected chi connectivity index (χ4v) is 11.5. The lowest BCUT2D eigenvalue weighted by Crippen LogP contribution is -2.28. The average molecular weight is 830 g/mol. The van der Waals surface area contributed by atoms with Crippen LogP contribution in [0.25, 0.3) is 55.3 Å². The van der Waals surface area contributed by atoms with Crippen molar-refractivity contribution in [3.05, 3.63) is 282 Å². The Morgan fingerprint density at radius 3 is 1.52 bits per heavy atom. The molecule has 10 aromatic carbocycles. The van der Waals surface area contributed by atoms with Crippen molar-refractivity contribution in [1.29, 1.82) is 0 Å². The van der Waals surface area contributed by atoms with Crippen molar-refractivity contribution in [2.45, 2.75) is 17.8 Å². The minimum Gasteiger partial charge on any atom is -0.456 e. The van der Waals surface area contributed by atoms with Gasteiger partial charge in [-0.25, -0.2) is 0 Å². The number of nitrogens with zero attached hydrogens (tertiary/aromatic N) is 1. The number of para-hydroxylation sites is 1. The second kappa shape index (κ2) is 14.4. The summed E-state index contributed by atoms with van der Waals surface area (Å²) < 4.78 is 6.39. The van der Waals surface area contributed by atoms with E-state index in [0.29, 0.717) is 0 Å². The molecular weight excluding hydrogens is 787 g/mol. The Morgan fingerprint density at radius 1 is 0.323 bits per heavy atom. The van der Waals surface area contributed by atoms with Crippen LogP contribution in [-0.4, -0.2) is 0 Å². The molecule has 0 saturated heterocycles. The van der Waals surface area contributed by atoms with Crippen molar-refractivity contribution in [2.24, 2.45) is 0 Å². The molecule has 11 aromatic rings. The van der Waals surface area contributed by atoms with Gasteiger partial charge in [-0.1, -0.05) is 188 Å². The van der Waals surface area contributed by atoms with Crippen LogP contribution in [-0.2, 0) is 10.8 Å². The van der Waals surface area contributed by atoms with Gasteiger partial charge in [-0.15, -0.1) is 0 Å². The van der Waals surface area contributed by atoms with E-state index in [1.54, 1.807) is 0 Å². The number of anilines is 3. The number of furan rings is 1. The fourth-order valence-electron chi connectivity index (χ4n) is 11.5. The summed E-state index contributed by atoms with van der Waals surface area (Å²) in [5.74, 6) is 0. The summed E-state index contributed by atoms with van der Waals surface area (Å²) in [6.45, 7) is 2.39. The van der Waals surface area contributed by atoms with Crippen LogP contribution < -0.4 is 4.90 Å². The van der Waals surface area contributed by atoms with E-state index in [1.165, 1.54) is 61.2 Å². The molecule has 0 radical (unpaired) electrons. The standard InChI is InChI=1S/C63H43NO/c1-62(44-19-5-2-6-20-44)56-29-14-11-26-50(56)54-40-48(33-36-57(54)62)64(47-25-17-18-42(38-47)43-32-35-53-52-28-13-16-31-60(52)65-61(53)39-43)49-34-37-59-55(41-49)51-27-12-15-30-58(51)63(59,45-21-7-3-8-22-45)46-23-9-4-10-24-46/h2-41H,1H3.